The lowest BCUT2D eigenvalue weighted by Gasteiger charge is -2.12. The van der Waals surface area contributed by atoms with Gasteiger partial charge in [-0.25, -0.2) is 35.1 Å². The molecule has 0 heterocycles. The van der Waals surface area contributed by atoms with Crippen molar-refractivity contribution in [3.8, 4) is 57.5 Å². The summed E-state index contributed by atoms with van der Waals surface area (Å²) in [5.41, 5.74) is -2.22. The van der Waals surface area contributed by atoms with E-state index in [1.165, 1.54) is 39.8 Å². The maximum absolute atomic E-state index is 13.0. The Kier molecular flexibility index (Phi) is 50.0. The molecule has 20 nitrogen and oxygen atoms in total. The smallest absolute Gasteiger partial charge is 0.420 e. The number of hydrogen-bond acceptors (Lipinski definition) is 20. The Morgan fingerprint density at radius 3 is 1.04 bits per heavy atom. The van der Waals surface area contributed by atoms with Gasteiger partial charge in [0.05, 0.1) is 36.8 Å². The highest BCUT2D eigenvalue weighted by Gasteiger charge is 2.39. The molecule has 0 aliphatic carbocycles. The van der Waals surface area contributed by atoms with Crippen molar-refractivity contribution >= 4 is 129 Å². The van der Waals surface area contributed by atoms with Gasteiger partial charge in [-0.2, -0.15) is 61.5 Å². The minimum Gasteiger partial charge on any atom is -0.427 e. The van der Waals surface area contributed by atoms with Crippen LogP contribution in [-0.2, 0) is 72.7 Å². The molecule has 0 spiro atoms. The first-order valence-electron chi connectivity index (χ1n) is 37.3. The highest BCUT2D eigenvalue weighted by atomic mass is 35.5. The Labute approximate surface area is 799 Å². The molecule has 10 aromatic carbocycles. The molecule has 0 aliphatic rings. The first kappa shape index (κ1) is 123. The van der Waals surface area contributed by atoms with E-state index in [0.717, 1.165) is 127 Å². The van der Waals surface area contributed by atoms with E-state index in [2.05, 4.69) is 33.2 Å². The first-order valence-corrected chi connectivity index (χ1v) is 39.6. The number of halogens is 28. The second-order valence-corrected chi connectivity index (χ2v) is 29.1. The van der Waals surface area contributed by atoms with Crippen molar-refractivity contribution in [3.05, 3.63) is 290 Å². The molecule has 0 saturated carbocycles. The Hall–Kier alpha value is -12.9. The lowest BCUT2D eigenvalue weighted by molar-refractivity contribution is -0.143. The normalized spacial score (nSPS) is 10.5. The molecule has 0 aliphatic heterocycles. The number of ether oxygens (including phenoxy) is 10. The van der Waals surface area contributed by atoms with Gasteiger partial charge in [-0.05, 0) is 173 Å². The zero-order chi connectivity index (χ0) is 107. The van der Waals surface area contributed by atoms with E-state index < -0.39 is 193 Å². The van der Waals surface area contributed by atoms with Crippen molar-refractivity contribution in [2.45, 2.75) is 135 Å². The Morgan fingerprint density at radius 2 is 0.609 bits per heavy atom. The number of carbonyl (C=O) groups excluding carboxylic acids is 10. The average Bonchev–Trinajstić information content (AvgIpc) is 0.793. The summed E-state index contributed by atoms with van der Waals surface area (Å²) in [6.07, 6.45) is -18.6. The van der Waals surface area contributed by atoms with E-state index in [-0.39, 0.29) is 39.0 Å². The predicted octanol–water partition coefficient (Wildman–Crippen LogP) is 27.4. The summed E-state index contributed by atoms with van der Waals surface area (Å²) in [6.45, 7) is 20.3. The predicted molar refractivity (Wildman–Crippen MR) is 456 cm³/mol. The minimum absolute atomic E-state index is 0.0711. The van der Waals surface area contributed by atoms with Crippen LogP contribution < -0.4 is 47.4 Å². The van der Waals surface area contributed by atoms with E-state index >= 15 is 0 Å². The van der Waals surface area contributed by atoms with Crippen LogP contribution in [0.25, 0.3) is 0 Å². The Balaban J connectivity index is 0.000000767. The molecule has 0 aromatic heterocycles. The lowest BCUT2D eigenvalue weighted by atomic mass is 10.2. The van der Waals surface area contributed by atoms with Crippen LogP contribution in [0.1, 0.15) is 125 Å². The molecule has 0 fully saturated rings. The monoisotopic (exact) mass is 2100 g/mol. The summed E-state index contributed by atoms with van der Waals surface area (Å²) in [5.74, 6) is -23.1. The van der Waals surface area contributed by atoms with Gasteiger partial charge in [0.25, 0.3) is 0 Å². The third kappa shape index (κ3) is 44.5. The molecule has 0 N–H and O–H groups in total. The summed E-state index contributed by atoms with van der Waals surface area (Å²) in [5, 5.41) is 1.51. The molecule has 0 saturated heterocycles. The molecular weight excluding hydrogens is 2030 g/mol. The van der Waals surface area contributed by atoms with Crippen LogP contribution in [0.5, 0.6) is 57.5 Å². The Bertz CT molecular complexity index is 5770. The third-order valence-electron chi connectivity index (χ3n) is 14.8. The third-order valence-corrected chi connectivity index (χ3v) is 16.6. The number of alkyl halides is 12. The van der Waals surface area contributed by atoms with Gasteiger partial charge in [0.15, 0.2) is 46.3 Å². The zero-order valence-corrected chi connectivity index (χ0v) is 78.1. The van der Waals surface area contributed by atoms with E-state index in [0.29, 0.717) is 67.5 Å². The van der Waals surface area contributed by atoms with Crippen LogP contribution in [0.4, 0.5) is 96.6 Å². The fraction of sp³-hybridized carbons (Fsp3) is 0.222. The van der Waals surface area contributed by atoms with Crippen LogP contribution >= 0.6 is 69.6 Å². The van der Waals surface area contributed by atoms with Crippen molar-refractivity contribution in [1.82, 2.24) is 0 Å². The summed E-state index contributed by atoms with van der Waals surface area (Å²) in [6, 6.07) is 28.0. The SMILES string of the molecule is CC(=O)Oc1c(Cl)cc(C)cc1Cl.CC(=O)Oc1c(Cl)cccc1C(F)(F)F.CC(=O)Oc1c(F)c(F)c(C)c(F)c1F.CC(=O)Oc1c(F)cc(C)cc1F.CC(=O)Oc1c(F)cccc1C(F)(F)F.CC(=O)Oc1cc(F)c(C)c(F)c1.CC(=O)Oc1cc(F)ccc1C(F)(F)F.CC(=O)Oc1ccc(C)cc1Cl.CC(=O)Oc1ccc(Cl)c(C)c1.CC(=O)Oc1ccc(Cl)cc1C(F)(F)F. The standard InChI is InChI=1S/C9H8Cl2O2.2C9H6ClF3O2.2C9H9ClO2.3C9H6F4O2.2C9H8F2O2/c1-5-3-7(10)9(8(11)4-5)13-6(2)12;1-5(14)15-8-3-2-6(10)4-7(8)9(11,12)13;1-5(14)15-8-6(9(11,12)13)3-2-4-7(8)10;1-6-5-8(12-7(2)11)3-4-9(6)10;1-6-3-4-9(8(10)5-6)12-7(2)11;1-5(14)15-8-4-6(10)2-3-7(8)9(11,12)13;1-5(14)15-8-6(9(11,12)13)3-2-4-7(8)10;1-3-5(10)7(12)9(15-4(2)14)8(13)6(3)11;1-5-8(10)3-7(4-9(5)11)13-6(2)12;1-5-3-7(10)9(8(11)4-5)13-6(2)12/h3-4H,1-2H3;2*2-4H,1H3;2*3-5H,1-2H3;2*2-4H,1H3;1-2H3;2*3-4H,1-2H3. The topological polar surface area (TPSA) is 263 Å². The maximum Gasteiger partial charge on any atom is 0.420 e. The van der Waals surface area contributed by atoms with Gasteiger partial charge >= 0.3 is 84.4 Å². The number of rotatable bonds is 10. The second-order valence-electron chi connectivity index (χ2n) is 26.6. The van der Waals surface area contributed by atoms with Gasteiger partial charge in [0, 0.05) is 109 Å². The van der Waals surface area contributed by atoms with E-state index in [9.17, 15) is 145 Å². The number of para-hydroxylation sites is 2. The minimum atomic E-state index is -4.76. The number of esters is 10. The van der Waals surface area contributed by atoms with Crippen LogP contribution in [0.2, 0.25) is 30.1 Å². The number of aryl methyl sites for hydroxylation is 4. The molecule has 0 radical (unpaired) electrons. The van der Waals surface area contributed by atoms with Crippen molar-refractivity contribution in [1.29, 1.82) is 0 Å². The molecule has 748 valence electrons. The summed E-state index contributed by atoms with van der Waals surface area (Å²) >= 11 is 34.1. The number of hydrogen-bond donors (Lipinski definition) is 0. The summed E-state index contributed by atoms with van der Waals surface area (Å²) in [4.78, 5) is 105. The molecule has 48 heteroatoms. The van der Waals surface area contributed by atoms with Gasteiger partial charge < -0.3 is 47.4 Å². The molecule has 0 unspecified atom stereocenters. The van der Waals surface area contributed by atoms with Crippen molar-refractivity contribution in [3.63, 3.8) is 0 Å². The van der Waals surface area contributed by atoms with Gasteiger partial charge in [0.2, 0.25) is 23.1 Å². The van der Waals surface area contributed by atoms with Crippen molar-refractivity contribution < 1.29 is 192 Å². The molecule has 138 heavy (non-hydrogen) atoms. The molecular formula is C90H72Cl6F22O20. The summed E-state index contributed by atoms with van der Waals surface area (Å²) < 4.78 is 322. The van der Waals surface area contributed by atoms with Gasteiger partial charge in [-0.3, -0.25) is 47.9 Å². The van der Waals surface area contributed by atoms with Gasteiger partial charge in [0.1, 0.15) is 51.8 Å². The van der Waals surface area contributed by atoms with Gasteiger partial charge in [-0.15, -0.1) is 0 Å². The van der Waals surface area contributed by atoms with E-state index in [1.54, 1.807) is 49.4 Å². The largest absolute Gasteiger partial charge is 0.427 e. The molecule has 0 atom stereocenters. The van der Waals surface area contributed by atoms with E-state index in [1.807, 2.05) is 26.8 Å². The number of carbonyl (C=O) groups is 10. The zero-order valence-electron chi connectivity index (χ0n) is 73.6. The molecule has 0 bridgehead atoms. The quantitative estimate of drug-likeness (QED) is 0.0533. The molecule has 0 amide bonds. The number of benzene rings is 10. The second kappa shape index (κ2) is 56.1. The fourth-order valence-corrected chi connectivity index (χ4v) is 10.7. The van der Waals surface area contributed by atoms with Crippen molar-refractivity contribution in [2.75, 3.05) is 0 Å². The Morgan fingerprint density at radius 1 is 0.239 bits per heavy atom. The average molecular weight is 2100 g/mol. The van der Waals surface area contributed by atoms with Crippen LogP contribution in [0, 0.1) is 99.7 Å². The van der Waals surface area contributed by atoms with Crippen LogP contribution in [0.15, 0.2) is 146 Å². The van der Waals surface area contributed by atoms with Gasteiger partial charge in [-0.1, -0.05) is 87.8 Å². The lowest BCUT2D eigenvalue weighted by Crippen LogP contribution is -2.12. The summed E-state index contributed by atoms with van der Waals surface area (Å²) in [7, 11) is 0. The molecule has 10 aromatic rings. The van der Waals surface area contributed by atoms with Crippen LogP contribution in [-0.4, -0.2) is 59.7 Å². The maximum atomic E-state index is 13.0. The van der Waals surface area contributed by atoms with E-state index in [4.69, 9.17) is 83.8 Å². The van der Waals surface area contributed by atoms with Crippen molar-refractivity contribution in [2.24, 2.45) is 0 Å². The first-order chi connectivity index (χ1) is 63.3. The highest BCUT2D eigenvalue weighted by Crippen LogP contribution is 2.43. The van der Waals surface area contributed by atoms with Crippen LogP contribution in [0.3, 0.4) is 0 Å². The fourth-order valence-electron chi connectivity index (χ4n) is 9.24. The molecule has 10 rings (SSSR count). The highest BCUT2D eigenvalue weighted by molar-refractivity contribution is 6.37.